The van der Waals surface area contributed by atoms with Crippen molar-refractivity contribution in [2.75, 3.05) is 13.1 Å². The van der Waals surface area contributed by atoms with Crippen LogP contribution in [-0.2, 0) is 17.2 Å². The van der Waals surface area contributed by atoms with E-state index < -0.39 is 10.8 Å². The molecule has 0 N–H and O–H groups in total. The standard InChI is InChI=1S/C17H21NO2S/c1-12-10-18(11-13(2)21(12)20)17(19)16-8-7-14-5-3-4-6-15(14)9-16/h3,5,7-9,12-13H,4,6,10-11H2,1-2H3/t12-,13+,21?. The number of benzene rings is 1. The lowest BCUT2D eigenvalue weighted by Crippen LogP contribution is -2.49. The van der Waals surface area contributed by atoms with Gasteiger partial charge in [-0.25, -0.2) is 0 Å². The van der Waals surface area contributed by atoms with Crippen molar-refractivity contribution in [1.82, 2.24) is 4.90 Å². The Balaban J connectivity index is 1.82. The van der Waals surface area contributed by atoms with Crippen molar-refractivity contribution in [3.05, 3.63) is 41.0 Å². The molecule has 1 aromatic carbocycles. The lowest BCUT2D eigenvalue weighted by Gasteiger charge is -2.34. The summed E-state index contributed by atoms with van der Waals surface area (Å²) in [6, 6.07) is 5.98. The summed E-state index contributed by atoms with van der Waals surface area (Å²) in [5, 5.41) is 0.108. The van der Waals surface area contributed by atoms with Gasteiger partial charge in [-0.1, -0.05) is 18.2 Å². The van der Waals surface area contributed by atoms with Crippen LogP contribution in [0.3, 0.4) is 0 Å². The molecule has 0 saturated carbocycles. The van der Waals surface area contributed by atoms with E-state index in [0.29, 0.717) is 13.1 Å². The van der Waals surface area contributed by atoms with E-state index in [1.807, 2.05) is 36.9 Å². The molecular formula is C17H21NO2S. The lowest BCUT2D eigenvalue weighted by molar-refractivity contribution is 0.0751. The molecule has 0 spiro atoms. The molecule has 1 aliphatic heterocycles. The summed E-state index contributed by atoms with van der Waals surface area (Å²) in [4.78, 5) is 14.6. The van der Waals surface area contributed by atoms with Crippen molar-refractivity contribution in [3.8, 4) is 0 Å². The number of allylic oxidation sites excluding steroid dienone is 1. The van der Waals surface area contributed by atoms with Gasteiger partial charge in [-0.2, -0.15) is 0 Å². The molecule has 1 saturated heterocycles. The summed E-state index contributed by atoms with van der Waals surface area (Å²) in [6.45, 7) is 5.10. The van der Waals surface area contributed by atoms with E-state index >= 15 is 0 Å². The Morgan fingerprint density at radius 2 is 1.95 bits per heavy atom. The highest BCUT2D eigenvalue weighted by atomic mass is 32.2. The fraction of sp³-hybridized carbons (Fsp3) is 0.471. The zero-order valence-corrected chi connectivity index (χ0v) is 13.4. The Bertz CT molecular complexity index is 609. The molecule has 1 amide bonds. The summed E-state index contributed by atoms with van der Waals surface area (Å²) >= 11 is 0. The van der Waals surface area contributed by atoms with E-state index in [-0.39, 0.29) is 16.4 Å². The van der Waals surface area contributed by atoms with Crippen molar-refractivity contribution < 1.29 is 9.00 Å². The van der Waals surface area contributed by atoms with Crippen LogP contribution in [0, 0.1) is 0 Å². The molecular weight excluding hydrogens is 282 g/mol. The highest BCUT2D eigenvalue weighted by Gasteiger charge is 2.31. The Labute approximate surface area is 128 Å². The first kappa shape index (κ1) is 14.5. The molecule has 0 radical (unpaired) electrons. The van der Waals surface area contributed by atoms with Crippen molar-refractivity contribution in [2.45, 2.75) is 37.2 Å². The smallest absolute Gasteiger partial charge is 0.253 e. The quantitative estimate of drug-likeness (QED) is 0.800. The molecule has 0 aromatic heterocycles. The molecule has 1 aromatic rings. The van der Waals surface area contributed by atoms with Crippen LogP contribution in [0.5, 0.6) is 0 Å². The van der Waals surface area contributed by atoms with Crippen LogP contribution in [0.4, 0.5) is 0 Å². The summed E-state index contributed by atoms with van der Waals surface area (Å²) in [6.07, 6.45) is 6.35. The first-order valence-electron chi connectivity index (χ1n) is 7.54. The minimum atomic E-state index is -0.828. The van der Waals surface area contributed by atoms with E-state index in [1.165, 1.54) is 11.1 Å². The van der Waals surface area contributed by atoms with Crippen LogP contribution in [-0.4, -0.2) is 38.6 Å². The largest absolute Gasteiger partial charge is 0.336 e. The van der Waals surface area contributed by atoms with Gasteiger partial charge in [0.15, 0.2) is 0 Å². The van der Waals surface area contributed by atoms with Crippen molar-refractivity contribution in [3.63, 3.8) is 0 Å². The third kappa shape index (κ3) is 2.82. The number of rotatable bonds is 1. The van der Waals surface area contributed by atoms with E-state index in [2.05, 4.69) is 12.2 Å². The molecule has 1 heterocycles. The topological polar surface area (TPSA) is 37.4 Å². The van der Waals surface area contributed by atoms with Crippen LogP contribution in [0.1, 0.15) is 41.8 Å². The summed E-state index contributed by atoms with van der Waals surface area (Å²) in [5.74, 6) is 0.0720. The van der Waals surface area contributed by atoms with Gasteiger partial charge in [-0.3, -0.25) is 9.00 Å². The predicted octanol–water partition coefficient (Wildman–Crippen LogP) is 2.63. The minimum Gasteiger partial charge on any atom is -0.336 e. The van der Waals surface area contributed by atoms with Gasteiger partial charge in [0.2, 0.25) is 0 Å². The van der Waals surface area contributed by atoms with Crippen molar-refractivity contribution >= 4 is 22.8 Å². The normalized spacial score (nSPS) is 28.3. The summed E-state index contributed by atoms with van der Waals surface area (Å²) in [7, 11) is -0.828. The van der Waals surface area contributed by atoms with Gasteiger partial charge in [-0.05, 0) is 49.9 Å². The van der Waals surface area contributed by atoms with Gasteiger partial charge in [0.25, 0.3) is 5.91 Å². The molecule has 0 bridgehead atoms. The maximum Gasteiger partial charge on any atom is 0.253 e. The van der Waals surface area contributed by atoms with Crippen LogP contribution in [0.2, 0.25) is 0 Å². The molecule has 4 heteroatoms. The molecule has 3 rings (SSSR count). The summed E-state index contributed by atoms with van der Waals surface area (Å²) in [5.41, 5.74) is 3.24. The second-order valence-corrected chi connectivity index (χ2v) is 8.28. The lowest BCUT2D eigenvalue weighted by atomic mass is 9.95. The van der Waals surface area contributed by atoms with Crippen LogP contribution >= 0.6 is 0 Å². The van der Waals surface area contributed by atoms with Gasteiger partial charge < -0.3 is 4.90 Å². The minimum absolute atomic E-state index is 0.0539. The van der Waals surface area contributed by atoms with Crippen LogP contribution < -0.4 is 0 Å². The van der Waals surface area contributed by atoms with Crippen LogP contribution in [0.25, 0.3) is 6.08 Å². The number of amides is 1. The van der Waals surface area contributed by atoms with Crippen LogP contribution in [0.15, 0.2) is 24.3 Å². The average molecular weight is 303 g/mol. The number of carbonyl (C=O) groups is 1. The van der Waals surface area contributed by atoms with Gasteiger partial charge >= 0.3 is 0 Å². The van der Waals surface area contributed by atoms with E-state index in [0.717, 1.165) is 18.4 Å². The van der Waals surface area contributed by atoms with Crippen molar-refractivity contribution in [2.24, 2.45) is 0 Å². The second-order valence-electron chi connectivity index (χ2n) is 6.01. The fourth-order valence-corrected chi connectivity index (χ4v) is 4.60. The van der Waals surface area contributed by atoms with E-state index in [4.69, 9.17) is 0 Å². The maximum absolute atomic E-state index is 12.7. The van der Waals surface area contributed by atoms with E-state index in [9.17, 15) is 9.00 Å². The predicted molar refractivity (Wildman–Crippen MR) is 86.8 cm³/mol. The number of fused-ring (bicyclic) bond motifs is 1. The molecule has 1 unspecified atom stereocenters. The second kappa shape index (κ2) is 5.76. The highest BCUT2D eigenvalue weighted by Crippen LogP contribution is 2.23. The number of carbonyl (C=O) groups excluding carboxylic acids is 1. The first-order chi connectivity index (χ1) is 10.1. The number of hydrogen-bond acceptors (Lipinski definition) is 2. The summed E-state index contributed by atoms with van der Waals surface area (Å²) < 4.78 is 12.0. The van der Waals surface area contributed by atoms with E-state index in [1.54, 1.807) is 0 Å². The molecule has 2 aliphatic rings. The third-order valence-corrected chi connectivity index (χ3v) is 6.19. The molecule has 3 nitrogen and oxygen atoms in total. The fourth-order valence-electron chi connectivity index (χ4n) is 3.15. The molecule has 1 fully saturated rings. The maximum atomic E-state index is 12.7. The van der Waals surface area contributed by atoms with Crippen molar-refractivity contribution in [1.29, 1.82) is 0 Å². The Hall–Kier alpha value is -1.42. The zero-order valence-electron chi connectivity index (χ0n) is 12.5. The molecule has 1 aliphatic carbocycles. The Kier molecular flexibility index (Phi) is 3.98. The average Bonchev–Trinajstić information content (AvgIpc) is 2.51. The SMILES string of the molecule is C[C@@H]1CN(C(=O)c2ccc3c(c2)CCC=C3)C[C@H](C)S1=O. The molecule has 21 heavy (non-hydrogen) atoms. The third-order valence-electron chi connectivity index (χ3n) is 4.30. The Morgan fingerprint density at radius 1 is 1.24 bits per heavy atom. The first-order valence-corrected chi connectivity index (χ1v) is 8.82. The monoisotopic (exact) mass is 303 g/mol. The number of hydrogen-bond donors (Lipinski definition) is 0. The van der Waals surface area contributed by atoms with Gasteiger partial charge in [-0.15, -0.1) is 0 Å². The van der Waals surface area contributed by atoms with Gasteiger partial charge in [0, 0.05) is 40.0 Å². The molecule has 112 valence electrons. The highest BCUT2D eigenvalue weighted by molar-refractivity contribution is 7.86. The molecule has 3 atom stereocenters. The Morgan fingerprint density at radius 3 is 2.67 bits per heavy atom. The van der Waals surface area contributed by atoms with Gasteiger partial charge in [0.05, 0.1) is 0 Å². The zero-order chi connectivity index (χ0) is 15.0. The number of nitrogens with zero attached hydrogens (tertiary/aromatic N) is 1. The number of aryl methyl sites for hydroxylation is 1. The van der Waals surface area contributed by atoms with Gasteiger partial charge in [0.1, 0.15) is 0 Å².